The molecule has 2 bridgehead atoms. The summed E-state index contributed by atoms with van der Waals surface area (Å²) in [5.41, 5.74) is 2.53. The molecule has 1 amide bonds. The molecule has 0 saturated carbocycles. The average Bonchev–Trinajstić information content (AvgIpc) is 3.48. The molecule has 4 aliphatic heterocycles. The Hall–Kier alpha value is -3.18. The Balaban J connectivity index is 0.000000464. The summed E-state index contributed by atoms with van der Waals surface area (Å²) in [4.78, 5) is 34.4. The van der Waals surface area contributed by atoms with Gasteiger partial charge < -0.3 is 30.1 Å². The standard InChI is InChI=1S/C20H27N5O2.2CH2O2/c1-27-15-6-9-25(11-15)14-2-3-17-16(10-14)19(23-22-17)20(26)21-18-12-24-7-4-13(18)5-8-24;2*2-1-3/h2-3,10,13,15,18H,4-9,11-12H2,1H3,(H,21,26)(H,22,23);2*1H,(H,2,3)/t15-,18+;;/m0../s1. The van der Waals surface area contributed by atoms with Gasteiger partial charge in [-0.2, -0.15) is 5.10 Å². The first-order chi connectivity index (χ1) is 16.0. The van der Waals surface area contributed by atoms with Crippen LogP contribution in [0.1, 0.15) is 29.8 Å². The molecule has 180 valence electrons. The van der Waals surface area contributed by atoms with Gasteiger partial charge in [0.25, 0.3) is 18.9 Å². The lowest BCUT2D eigenvalue weighted by Gasteiger charge is -2.44. The number of carbonyl (C=O) groups excluding carboxylic acids is 1. The summed E-state index contributed by atoms with van der Waals surface area (Å²) in [5, 5.41) is 25.3. The number of H-pyrrole nitrogens is 1. The quantitative estimate of drug-likeness (QED) is 0.490. The van der Waals surface area contributed by atoms with E-state index in [4.69, 9.17) is 24.5 Å². The zero-order chi connectivity index (χ0) is 23.8. The molecular formula is C22H31N5O6. The monoisotopic (exact) mass is 461 g/mol. The first kappa shape index (κ1) is 24.5. The van der Waals surface area contributed by atoms with E-state index in [9.17, 15) is 4.79 Å². The highest BCUT2D eigenvalue weighted by molar-refractivity contribution is 6.05. The molecule has 0 aliphatic carbocycles. The minimum atomic E-state index is -0.250. The highest BCUT2D eigenvalue weighted by Gasteiger charge is 2.35. The van der Waals surface area contributed by atoms with E-state index in [0.717, 1.165) is 42.6 Å². The van der Waals surface area contributed by atoms with Gasteiger partial charge in [0.05, 0.1) is 11.6 Å². The molecule has 0 unspecified atom stereocenters. The van der Waals surface area contributed by atoms with Crippen molar-refractivity contribution in [3.63, 3.8) is 0 Å². The van der Waals surface area contributed by atoms with Crippen LogP contribution >= 0.6 is 0 Å². The van der Waals surface area contributed by atoms with Crippen molar-refractivity contribution in [3.8, 4) is 0 Å². The minimum absolute atomic E-state index is 0.0617. The number of nitrogens with zero attached hydrogens (tertiary/aromatic N) is 3. The molecule has 6 rings (SSSR count). The third kappa shape index (κ3) is 5.79. The van der Waals surface area contributed by atoms with Crippen LogP contribution in [0.5, 0.6) is 0 Å². The fourth-order valence-electron chi connectivity index (χ4n) is 4.89. The maximum absolute atomic E-state index is 12.9. The van der Waals surface area contributed by atoms with E-state index in [-0.39, 0.29) is 31.0 Å². The van der Waals surface area contributed by atoms with Crippen molar-refractivity contribution in [2.24, 2.45) is 5.92 Å². The van der Waals surface area contributed by atoms with E-state index < -0.39 is 0 Å². The number of nitrogens with one attached hydrogen (secondary N) is 2. The summed E-state index contributed by atoms with van der Waals surface area (Å²) in [7, 11) is 1.77. The third-order valence-corrected chi connectivity index (χ3v) is 6.58. The molecule has 4 fully saturated rings. The molecule has 4 N–H and O–H groups in total. The van der Waals surface area contributed by atoms with Crippen LogP contribution in [0.3, 0.4) is 0 Å². The third-order valence-electron chi connectivity index (χ3n) is 6.58. The summed E-state index contributed by atoms with van der Waals surface area (Å²) in [6, 6.07) is 6.44. The number of methoxy groups -OCH3 is 1. The van der Waals surface area contributed by atoms with Crippen molar-refractivity contribution >= 4 is 35.4 Å². The predicted molar refractivity (Wildman–Crippen MR) is 122 cm³/mol. The summed E-state index contributed by atoms with van der Waals surface area (Å²) >= 11 is 0. The highest BCUT2D eigenvalue weighted by atomic mass is 16.5. The lowest BCUT2D eigenvalue weighted by Crippen LogP contribution is -2.57. The van der Waals surface area contributed by atoms with Crippen LogP contribution in [0.25, 0.3) is 10.9 Å². The van der Waals surface area contributed by atoms with Gasteiger partial charge >= 0.3 is 0 Å². The molecule has 2 aromatic rings. The molecule has 4 aliphatic rings. The van der Waals surface area contributed by atoms with E-state index in [1.165, 1.54) is 25.9 Å². The highest BCUT2D eigenvalue weighted by Crippen LogP contribution is 2.29. The number of hydrogen-bond acceptors (Lipinski definition) is 7. The maximum Gasteiger partial charge on any atom is 0.290 e. The van der Waals surface area contributed by atoms with Gasteiger partial charge in [0, 0.05) is 43.9 Å². The van der Waals surface area contributed by atoms with Gasteiger partial charge in [-0.1, -0.05) is 0 Å². The number of carboxylic acid groups (broad SMARTS) is 2. The normalized spacial score (nSPS) is 25.4. The molecular weight excluding hydrogens is 430 g/mol. The van der Waals surface area contributed by atoms with Crippen molar-refractivity contribution in [2.45, 2.75) is 31.4 Å². The molecule has 5 heterocycles. The Kier molecular flexibility index (Phi) is 8.61. The average molecular weight is 462 g/mol. The zero-order valence-corrected chi connectivity index (χ0v) is 18.6. The Bertz CT molecular complexity index is 936. The van der Waals surface area contributed by atoms with Gasteiger partial charge in [-0.25, -0.2) is 0 Å². The fourth-order valence-corrected chi connectivity index (χ4v) is 4.89. The van der Waals surface area contributed by atoms with Crippen molar-refractivity contribution in [3.05, 3.63) is 23.9 Å². The van der Waals surface area contributed by atoms with Crippen molar-refractivity contribution < 1.29 is 29.3 Å². The predicted octanol–water partition coefficient (Wildman–Crippen LogP) is 1.01. The van der Waals surface area contributed by atoms with Gasteiger partial charge in [0.15, 0.2) is 5.69 Å². The van der Waals surface area contributed by atoms with Crippen LogP contribution in [0, 0.1) is 5.92 Å². The van der Waals surface area contributed by atoms with E-state index in [2.05, 4.69) is 37.4 Å². The van der Waals surface area contributed by atoms with Crippen LogP contribution in [-0.2, 0) is 14.3 Å². The molecule has 0 radical (unpaired) electrons. The number of carbonyl (C=O) groups is 3. The Morgan fingerprint density at radius 3 is 2.42 bits per heavy atom. The van der Waals surface area contributed by atoms with Crippen LogP contribution in [0.15, 0.2) is 18.2 Å². The van der Waals surface area contributed by atoms with Gasteiger partial charge in [-0.05, 0) is 56.5 Å². The first-order valence-corrected chi connectivity index (χ1v) is 11.0. The summed E-state index contributed by atoms with van der Waals surface area (Å²) in [6.45, 7) is 4.67. The lowest BCUT2D eigenvalue weighted by molar-refractivity contribution is -0.123. The Labute approximate surface area is 191 Å². The number of amides is 1. The Morgan fingerprint density at radius 2 is 1.85 bits per heavy atom. The van der Waals surface area contributed by atoms with Crippen LogP contribution in [-0.4, -0.2) is 96.1 Å². The molecule has 1 aromatic carbocycles. The van der Waals surface area contributed by atoms with E-state index in [1.807, 2.05) is 6.07 Å². The number of ether oxygens (including phenoxy) is 1. The number of hydrogen-bond donors (Lipinski definition) is 4. The number of fused-ring (bicyclic) bond motifs is 4. The van der Waals surface area contributed by atoms with E-state index in [0.29, 0.717) is 11.6 Å². The van der Waals surface area contributed by atoms with E-state index >= 15 is 0 Å². The van der Waals surface area contributed by atoms with E-state index in [1.54, 1.807) is 7.11 Å². The molecule has 1 aromatic heterocycles. The number of aromatic nitrogens is 2. The molecule has 0 spiro atoms. The smallest absolute Gasteiger partial charge is 0.290 e. The Morgan fingerprint density at radius 1 is 1.15 bits per heavy atom. The van der Waals surface area contributed by atoms with Gasteiger partial charge in [-0.15, -0.1) is 0 Å². The van der Waals surface area contributed by atoms with Crippen LogP contribution in [0.4, 0.5) is 5.69 Å². The molecule has 11 heteroatoms. The fraction of sp³-hybridized carbons (Fsp3) is 0.545. The maximum atomic E-state index is 12.9. The van der Waals surface area contributed by atoms with Crippen LogP contribution in [0.2, 0.25) is 0 Å². The topological polar surface area (TPSA) is 148 Å². The van der Waals surface area contributed by atoms with Gasteiger partial charge in [0.1, 0.15) is 0 Å². The SMILES string of the molecule is CO[C@H]1CCN(c2ccc3[nH]nc(C(=O)N[C@@H]4CN5CCC4CC5)c3c2)C1.O=CO.O=CO. The summed E-state index contributed by atoms with van der Waals surface area (Å²) in [6.07, 6.45) is 3.69. The first-order valence-electron chi connectivity index (χ1n) is 11.0. The van der Waals surface area contributed by atoms with Gasteiger partial charge in [0.2, 0.25) is 0 Å². The summed E-state index contributed by atoms with van der Waals surface area (Å²) in [5.74, 6) is 0.545. The second kappa shape index (κ2) is 11.6. The van der Waals surface area contributed by atoms with Crippen molar-refractivity contribution in [2.75, 3.05) is 44.7 Å². The number of aromatic amines is 1. The lowest BCUT2D eigenvalue weighted by atomic mass is 9.84. The number of anilines is 1. The van der Waals surface area contributed by atoms with Crippen molar-refractivity contribution in [1.29, 1.82) is 0 Å². The molecule has 11 nitrogen and oxygen atoms in total. The van der Waals surface area contributed by atoms with Crippen LogP contribution < -0.4 is 10.2 Å². The molecule has 4 saturated heterocycles. The largest absolute Gasteiger partial charge is 0.483 e. The second-order valence-corrected chi connectivity index (χ2v) is 8.32. The molecule has 33 heavy (non-hydrogen) atoms. The zero-order valence-electron chi connectivity index (χ0n) is 18.6. The second-order valence-electron chi connectivity index (χ2n) is 8.32. The summed E-state index contributed by atoms with van der Waals surface area (Å²) < 4.78 is 5.48. The number of rotatable bonds is 4. The minimum Gasteiger partial charge on any atom is -0.483 e. The van der Waals surface area contributed by atoms with Gasteiger partial charge in [-0.3, -0.25) is 19.5 Å². The number of benzene rings is 1. The van der Waals surface area contributed by atoms with Crippen molar-refractivity contribution in [1.82, 2.24) is 20.4 Å². The number of piperidine rings is 3. The molecule has 2 atom stereocenters.